The van der Waals surface area contributed by atoms with Crippen LogP contribution >= 0.6 is 11.3 Å². The van der Waals surface area contributed by atoms with Crippen molar-refractivity contribution in [2.75, 3.05) is 11.9 Å². The number of carbonyl (C=O) groups excluding carboxylic acids is 2. The molecule has 0 aliphatic carbocycles. The van der Waals surface area contributed by atoms with Crippen molar-refractivity contribution < 1.29 is 24.2 Å². The number of benzene rings is 1. The van der Waals surface area contributed by atoms with Crippen molar-refractivity contribution in [3.63, 3.8) is 0 Å². The highest BCUT2D eigenvalue weighted by molar-refractivity contribution is 7.20. The second-order valence-corrected chi connectivity index (χ2v) is 7.07. The molecule has 2 heterocycles. The topological polar surface area (TPSA) is 128 Å². The lowest BCUT2D eigenvalue weighted by Crippen LogP contribution is -2.28. The molecule has 0 spiro atoms. The van der Waals surface area contributed by atoms with Crippen LogP contribution in [0.4, 0.5) is 5.69 Å². The molecule has 0 saturated carbocycles. The number of aromatic carboxylic acids is 1. The van der Waals surface area contributed by atoms with Gasteiger partial charge < -0.3 is 15.2 Å². The van der Waals surface area contributed by atoms with E-state index in [0.717, 1.165) is 15.9 Å². The van der Waals surface area contributed by atoms with Crippen molar-refractivity contribution in [1.82, 2.24) is 9.55 Å². The summed E-state index contributed by atoms with van der Waals surface area (Å²) in [6.07, 6.45) is 1.24. The number of aromatic nitrogens is 2. The molecule has 3 rings (SSSR count). The molecule has 0 saturated heterocycles. The molecule has 10 heteroatoms. The molecule has 0 aliphatic heterocycles. The molecule has 0 unspecified atom stereocenters. The van der Waals surface area contributed by atoms with E-state index in [1.807, 2.05) is 0 Å². The van der Waals surface area contributed by atoms with Crippen LogP contribution in [0.15, 0.2) is 35.4 Å². The number of thiophene rings is 1. The Morgan fingerprint density at radius 1 is 1.31 bits per heavy atom. The predicted molar refractivity (Wildman–Crippen MR) is 107 cm³/mol. The van der Waals surface area contributed by atoms with Crippen LogP contribution in [0.3, 0.4) is 0 Å². The number of carboxylic acid groups (broad SMARTS) is 1. The lowest BCUT2D eigenvalue weighted by Gasteiger charge is -2.08. The van der Waals surface area contributed by atoms with E-state index < -0.39 is 23.4 Å². The number of rotatable bonds is 6. The normalized spacial score (nSPS) is 10.7. The number of fused-ring (bicyclic) bond motifs is 1. The van der Waals surface area contributed by atoms with E-state index in [1.54, 1.807) is 19.9 Å². The molecular formula is C19H17N3O6S. The second-order valence-electron chi connectivity index (χ2n) is 6.07. The zero-order valence-corrected chi connectivity index (χ0v) is 16.4. The Hall–Kier alpha value is -3.53. The zero-order chi connectivity index (χ0) is 21.1. The molecule has 29 heavy (non-hydrogen) atoms. The summed E-state index contributed by atoms with van der Waals surface area (Å²) in [5, 5.41) is 11.8. The maximum absolute atomic E-state index is 12.8. The highest BCUT2D eigenvalue weighted by atomic mass is 32.1. The highest BCUT2D eigenvalue weighted by Crippen LogP contribution is 2.27. The largest absolute Gasteiger partial charge is 0.478 e. The number of nitrogens with zero attached hydrogens (tertiary/aromatic N) is 2. The van der Waals surface area contributed by atoms with Crippen LogP contribution in [0.1, 0.15) is 32.5 Å². The van der Waals surface area contributed by atoms with Gasteiger partial charge in [0.2, 0.25) is 5.91 Å². The third-order valence-electron chi connectivity index (χ3n) is 4.09. The minimum Gasteiger partial charge on any atom is -0.478 e. The van der Waals surface area contributed by atoms with Crippen molar-refractivity contribution in [2.24, 2.45) is 0 Å². The van der Waals surface area contributed by atoms with Crippen LogP contribution in [0, 0.1) is 6.92 Å². The summed E-state index contributed by atoms with van der Waals surface area (Å²) >= 11 is 1.07. The number of ether oxygens (including phenoxy) is 1. The van der Waals surface area contributed by atoms with Crippen molar-refractivity contribution in [1.29, 1.82) is 0 Å². The number of amides is 1. The Bertz CT molecular complexity index is 1180. The molecule has 150 valence electrons. The van der Waals surface area contributed by atoms with Crippen LogP contribution in [0.2, 0.25) is 0 Å². The number of anilines is 1. The first-order valence-corrected chi connectivity index (χ1v) is 9.42. The fourth-order valence-corrected chi connectivity index (χ4v) is 3.78. The number of carboxylic acids is 1. The summed E-state index contributed by atoms with van der Waals surface area (Å²) in [4.78, 5) is 53.0. The lowest BCUT2D eigenvalue weighted by atomic mass is 10.2. The third-order valence-corrected chi connectivity index (χ3v) is 5.27. The Balaban J connectivity index is 1.86. The van der Waals surface area contributed by atoms with Crippen molar-refractivity contribution in [3.8, 4) is 0 Å². The van der Waals surface area contributed by atoms with Crippen molar-refractivity contribution in [2.45, 2.75) is 20.4 Å². The van der Waals surface area contributed by atoms with Crippen molar-refractivity contribution in [3.05, 3.63) is 57.0 Å². The fourth-order valence-electron chi connectivity index (χ4n) is 2.75. The van der Waals surface area contributed by atoms with Gasteiger partial charge in [0.15, 0.2) is 0 Å². The summed E-state index contributed by atoms with van der Waals surface area (Å²) in [6.45, 7) is 3.23. The maximum Gasteiger partial charge on any atom is 0.348 e. The molecule has 0 bridgehead atoms. The number of carbonyl (C=O) groups is 3. The SMILES string of the molecule is CCOC(=O)c1sc2ncn(CC(=O)Nc3cccc(C(=O)O)c3)c(=O)c2c1C. The molecule has 0 aliphatic rings. The molecule has 1 aromatic carbocycles. The minimum atomic E-state index is -1.11. The number of hydrogen-bond acceptors (Lipinski definition) is 7. The number of nitrogens with one attached hydrogen (secondary N) is 1. The standard InChI is InChI=1S/C19H17N3O6S/c1-3-28-19(27)15-10(2)14-16(29-15)20-9-22(17(14)24)8-13(23)21-12-6-4-5-11(7-12)18(25)26/h4-7,9H,3,8H2,1-2H3,(H,21,23)(H,25,26). The smallest absolute Gasteiger partial charge is 0.348 e. The Kier molecular flexibility index (Phi) is 5.74. The van der Waals surface area contributed by atoms with E-state index in [0.29, 0.717) is 21.0 Å². The summed E-state index contributed by atoms with van der Waals surface area (Å²) in [5.74, 6) is -2.15. The van der Waals surface area contributed by atoms with E-state index in [9.17, 15) is 19.2 Å². The van der Waals surface area contributed by atoms with E-state index in [-0.39, 0.29) is 24.1 Å². The number of esters is 1. The monoisotopic (exact) mass is 415 g/mol. The van der Waals surface area contributed by atoms with Gasteiger partial charge >= 0.3 is 11.9 Å². The first-order chi connectivity index (χ1) is 13.8. The molecule has 0 radical (unpaired) electrons. The van der Waals surface area contributed by atoms with Crippen LogP contribution in [0.25, 0.3) is 10.2 Å². The van der Waals surface area contributed by atoms with Gasteiger partial charge in [0.25, 0.3) is 5.56 Å². The zero-order valence-electron chi connectivity index (χ0n) is 15.6. The van der Waals surface area contributed by atoms with E-state index in [2.05, 4.69) is 10.3 Å². The van der Waals surface area contributed by atoms with Crippen LogP contribution < -0.4 is 10.9 Å². The summed E-state index contributed by atoms with van der Waals surface area (Å²) < 4.78 is 6.13. The lowest BCUT2D eigenvalue weighted by molar-refractivity contribution is -0.116. The Morgan fingerprint density at radius 2 is 2.07 bits per heavy atom. The quantitative estimate of drug-likeness (QED) is 0.591. The van der Waals surface area contributed by atoms with Crippen LogP contribution in [0.5, 0.6) is 0 Å². The van der Waals surface area contributed by atoms with Gasteiger partial charge in [-0.25, -0.2) is 14.6 Å². The molecular weight excluding hydrogens is 398 g/mol. The van der Waals surface area contributed by atoms with Gasteiger partial charge in [-0.1, -0.05) is 6.07 Å². The van der Waals surface area contributed by atoms with Gasteiger partial charge in [0.1, 0.15) is 16.3 Å². The molecule has 2 N–H and O–H groups in total. The fraction of sp³-hybridized carbons (Fsp3) is 0.211. The van der Waals surface area contributed by atoms with Crippen LogP contribution in [-0.2, 0) is 16.1 Å². The second kappa shape index (κ2) is 8.23. The van der Waals surface area contributed by atoms with Crippen LogP contribution in [-0.4, -0.2) is 39.1 Å². The van der Waals surface area contributed by atoms with Gasteiger partial charge in [-0.05, 0) is 37.6 Å². The molecule has 1 amide bonds. The average molecular weight is 415 g/mol. The Morgan fingerprint density at radius 3 is 2.76 bits per heavy atom. The van der Waals surface area contributed by atoms with Gasteiger partial charge in [-0.3, -0.25) is 14.2 Å². The third kappa shape index (κ3) is 4.16. The van der Waals surface area contributed by atoms with Crippen molar-refractivity contribution >= 4 is 45.1 Å². The van der Waals surface area contributed by atoms with Gasteiger partial charge in [0.05, 0.1) is 23.9 Å². The Labute approximate surface area is 168 Å². The predicted octanol–water partition coefficient (Wildman–Crippen LogP) is 2.28. The van der Waals surface area contributed by atoms with E-state index in [1.165, 1.54) is 24.5 Å². The average Bonchev–Trinajstić information content (AvgIpc) is 3.02. The van der Waals surface area contributed by atoms with E-state index in [4.69, 9.17) is 9.84 Å². The van der Waals surface area contributed by atoms with Gasteiger partial charge in [-0.15, -0.1) is 11.3 Å². The maximum atomic E-state index is 12.8. The highest BCUT2D eigenvalue weighted by Gasteiger charge is 2.20. The number of hydrogen-bond donors (Lipinski definition) is 2. The summed E-state index contributed by atoms with van der Waals surface area (Å²) in [6, 6.07) is 5.77. The summed E-state index contributed by atoms with van der Waals surface area (Å²) in [7, 11) is 0. The first-order valence-electron chi connectivity index (χ1n) is 8.60. The van der Waals surface area contributed by atoms with Gasteiger partial charge in [0, 0.05) is 5.69 Å². The molecule has 0 fully saturated rings. The first kappa shape index (κ1) is 20.2. The molecule has 2 aromatic heterocycles. The van der Waals surface area contributed by atoms with E-state index >= 15 is 0 Å². The molecule has 3 aromatic rings. The van der Waals surface area contributed by atoms with Gasteiger partial charge in [-0.2, -0.15) is 0 Å². The molecule has 0 atom stereocenters. The summed E-state index contributed by atoms with van der Waals surface area (Å²) in [5.41, 5.74) is 0.343. The minimum absolute atomic E-state index is 0.0310. The molecule has 9 nitrogen and oxygen atoms in total. The number of aryl methyl sites for hydroxylation is 1.